The maximum absolute atomic E-state index is 6.50. The van der Waals surface area contributed by atoms with Crippen molar-refractivity contribution in [3.05, 3.63) is 11.3 Å². The van der Waals surface area contributed by atoms with E-state index in [-0.39, 0.29) is 0 Å². The average molecular weight is 271 g/mol. The van der Waals surface area contributed by atoms with Crippen LogP contribution in [0, 0.1) is 23.7 Å². The van der Waals surface area contributed by atoms with Crippen LogP contribution in [0.4, 0.5) is 5.82 Å². The minimum atomic E-state index is 0.633. The minimum Gasteiger partial charge on any atom is -0.384 e. The van der Waals surface area contributed by atoms with E-state index in [9.17, 15) is 0 Å². The molecule has 3 nitrogen and oxygen atoms in total. The van der Waals surface area contributed by atoms with Crippen LogP contribution in [0.1, 0.15) is 62.2 Å². The molecule has 1 aromatic rings. The molecule has 20 heavy (non-hydrogen) atoms. The topological polar surface area (TPSA) is 43.8 Å². The highest BCUT2D eigenvalue weighted by atomic mass is 15.3. The van der Waals surface area contributed by atoms with E-state index < -0.39 is 0 Å². The van der Waals surface area contributed by atoms with E-state index in [4.69, 9.17) is 10.8 Å². The largest absolute Gasteiger partial charge is 0.384 e. The van der Waals surface area contributed by atoms with Gasteiger partial charge in [-0.2, -0.15) is 5.10 Å². The Morgan fingerprint density at radius 2 is 1.55 bits per heavy atom. The third-order valence-electron chi connectivity index (χ3n) is 6.68. The van der Waals surface area contributed by atoms with E-state index in [1.54, 1.807) is 0 Å². The minimum absolute atomic E-state index is 0.633. The van der Waals surface area contributed by atoms with Crippen molar-refractivity contribution < 1.29 is 0 Å². The van der Waals surface area contributed by atoms with Gasteiger partial charge in [-0.05, 0) is 81.5 Å². The van der Waals surface area contributed by atoms with E-state index in [1.807, 2.05) is 0 Å². The van der Waals surface area contributed by atoms with Crippen LogP contribution in [0.2, 0.25) is 0 Å². The molecule has 0 saturated heterocycles. The molecule has 1 heterocycles. The SMILES string of the molecule is Nc1c2c(nn1C1C3CC4CC(C3)CC1C4)CCCC2. The molecule has 4 saturated carbocycles. The molecule has 4 fully saturated rings. The van der Waals surface area contributed by atoms with Gasteiger partial charge in [-0.1, -0.05) is 0 Å². The highest BCUT2D eigenvalue weighted by molar-refractivity contribution is 5.45. The van der Waals surface area contributed by atoms with Gasteiger partial charge in [0.25, 0.3) is 0 Å². The van der Waals surface area contributed by atoms with E-state index in [0.29, 0.717) is 6.04 Å². The molecule has 5 aliphatic rings. The van der Waals surface area contributed by atoms with Crippen molar-refractivity contribution in [1.82, 2.24) is 9.78 Å². The Hall–Kier alpha value is -0.990. The standard InChI is InChI=1S/C17H25N3/c18-17-14-3-1-2-4-15(14)19-20(17)16-12-6-10-5-11(8-12)9-13(16)7-10/h10-13,16H,1-9,18H2. The van der Waals surface area contributed by atoms with Crippen molar-refractivity contribution in [1.29, 1.82) is 0 Å². The Balaban J connectivity index is 1.55. The van der Waals surface area contributed by atoms with Crippen LogP contribution in [0.3, 0.4) is 0 Å². The van der Waals surface area contributed by atoms with Gasteiger partial charge in [0.15, 0.2) is 0 Å². The third kappa shape index (κ3) is 1.49. The summed E-state index contributed by atoms with van der Waals surface area (Å²) < 4.78 is 2.29. The molecule has 0 amide bonds. The van der Waals surface area contributed by atoms with Crippen molar-refractivity contribution in [2.24, 2.45) is 23.7 Å². The lowest BCUT2D eigenvalue weighted by Crippen LogP contribution is -2.46. The third-order valence-corrected chi connectivity index (χ3v) is 6.68. The number of anilines is 1. The Morgan fingerprint density at radius 1 is 0.900 bits per heavy atom. The summed E-state index contributed by atoms with van der Waals surface area (Å²) in [5.41, 5.74) is 9.22. The molecule has 4 bridgehead atoms. The fourth-order valence-electron chi connectivity index (χ4n) is 6.12. The summed E-state index contributed by atoms with van der Waals surface area (Å²) in [5, 5.41) is 4.99. The second-order valence-corrected chi connectivity index (χ2v) is 7.88. The van der Waals surface area contributed by atoms with Crippen molar-refractivity contribution in [3.8, 4) is 0 Å². The Kier molecular flexibility index (Phi) is 2.34. The zero-order chi connectivity index (χ0) is 13.3. The molecule has 108 valence electrons. The molecule has 0 spiro atoms. The fourth-order valence-corrected chi connectivity index (χ4v) is 6.12. The lowest BCUT2D eigenvalue weighted by Gasteiger charge is -2.54. The van der Waals surface area contributed by atoms with Crippen molar-refractivity contribution in [2.75, 3.05) is 5.73 Å². The van der Waals surface area contributed by atoms with Crippen LogP contribution >= 0.6 is 0 Å². The number of aryl methyl sites for hydroxylation is 1. The number of rotatable bonds is 1. The molecule has 0 atom stereocenters. The molecular weight excluding hydrogens is 246 g/mol. The van der Waals surface area contributed by atoms with E-state index >= 15 is 0 Å². The molecule has 6 rings (SSSR count). The molecular formula is C17H25N3. The van der Waals surface area contributed by atoms with Crippen LogP contribution in [0.5, 0.6) is 0 Å². The van der Waals surface area contributed by atoms with Crippen molar-refractivity contribution >= 4 is 5.82 Å². The zero-order valence-corrected chi connectivity index (χ0v) is 12.2. The quantitative estimate of drug-likeness (QED) is 0.851. The molecule has 1 aromatic heterocycles. The van der Waals surface area contributed by atoms with Crippen LogP contribution in [0.15, 0.2) is 0 Å². The van der Waals surface area contributed by atoms with Crippen molar-refractivity contribution in [3.63, 3.8) is 0 Å². The first-order valence-corrected chi connectivity index (χ1v) is 8.65. The number of nitrogens with two attached hydrogens (primary N) is 1. The molecule has 0 aliphatic heterocycles. The van der Waals surface area contributed by atoms with Gasteiger partial charge in [-0.25, -0.2) is 4.68 Å². The van der Waals surface area contributed by atoms with Gasteiger partial charge in [-0.15, -0.1) is 0 Å². The molecule has 0 aromatic carbocycles. The second kappa shape index (κ2) is 4.02. The van der Waals surface area contributed by atoms with Crippen LogP contribution < -0.4 is 5.73 Å². The summed E-state index contributed by atoms with van der Waals surface area (Å²) in [4.78, 5) is 0. The Labute approximate surface area is 120 Å². The lowest BCUT2D eigenvalue weighted by atomic mass is 9.54. The Bertz CT molecular complexity index is 517. The number of nitrogen functional groups attached to an aromatic ring is 1. The number of hydrogen-bond donors (Lipinski definition) is 1. The van der Waals surface area contributed by atoms with E-state index in [2.05, 4.69) is 4.68 Å². The lowest BCUT2D eigenvalue weighted by molar-refractivity contribution is -0.0328. The van der Waals surface area contributed by atoms with Crippen LogP contribution in [-0.4, -0.2) is 9.78 Å². The first-order chi connectivity index (χ1) is 9.79. The van der Waals surface area contributed by atoms with Gasteiger partial charge >= 0.3 is 0 Å². The fraction of sp³-hybridized carbons (Fsp3) is 0.824. The summed E-state index contributed by atoms with van der Waals surface area (Å²) in [6.45, 7) is 0. The molecule has 2 N–H and O–H groups in total. The van der Waals surface area contributed by atoms with Crippen LogP contribution in [-0.2, 0) is 12.8 Å². The number of fused-ring (bicyclic) bond motifs is 1. The van der Waals surface area contributed by atoms with E-state index in [0.717, 1.165) is 42.3 Å². The van der Waals surface area contributed by atoms with Gasteiger partial charge in [0.2, 0.25) is 0 Å². The predicted molar refractivity (Wildman–Crippen MR) is 79.4 cm³/mol. The highest BCUT2D eigenvalue weighted by Gasteiger charge is 2.49. The number of nitrogens with zero attached hydrogens (tertiary/aromatic N) is 2. The van der Waals surface area contributed by atoms with Gasteiger partial charge in [-0.3, -0.25) is 0 Å². The van der Waals surface area contributed by atoms with Crippen molar-refractivity contribution in [2.45, 2.75) is 63.8 Å². The average Bonchev–Trinajstić information content (AvgIpc) is 2.76. The summed E-state index contributed by atoms with van der Waals surface area (Å²) in [6, 6.07) is 0.633. The highest BCUT2D eigenvalue weighted by Crippen LogP contribution is 2.58. The molecule has 5 aliphatic carbocycles. The molecule has 0 radical (unpaired) electrons. The van der Waals surface area contributed by atoms with Gasteiger partial charge in [0, 0.05) is 5.56 Å². The van der Waals surface area contributed by atoms with Gasteiger partial charge in [0.1, 0.15) is 5.82 Å². The smallest absolute Gasteiger partial charge is 0.125 e. The molecule has 3 heteroatoms. The van der Waals surface area contributed by atoms with E-state index in [1.165, 1.54) is 56.2 Å². The zero-order valence-electron chi connectivity index (χ0n) is 12.2. The first-order valence-electron chi connectivity index (χ1n) is 8.65. The first kappa shape index (κ1) is 11.6. The number of aromatic nitrogens is 2. The van der Waals surface area contributed by atoms with Crippen LogP contribution in [0.25, 0.3) is 0 Å². The maximum Gasteiger partial charge on any atom is 0.125 e. The summed E-state index contributed by atoms with van der Waals surface area (Å²) in [5.74, 6) is 4.82. The summed E-state index contributed by atoms with van der Waals surface area (Å²) in [6.07, 6.45) is 12.2. The summed E-state index contributed by atoms with van der Waals surface area (Å²) >= 11 is 0. The molecule has 0 unspecified atom stereocenters. The summed E-state index contributed by atoms with van der Waals surface area (Å²) in [7, 11) is 0. The predicted octanol–water partition coefficient (Wildman–Crippen LogP) is 3.34. The van der Waals surface area contributed by atoms with Gasteiger partial charge < -0.3 is 5.73 Å². The number of hydrogen-bond acceptors (Lipinski definition) is 2. The van der Waals surface area contributed by atoms with Gasteiger partial charge in [0.05, 0.1) is 11.7 Å². The Morgan fingerprint density at radius 3 is 2.20 bits per heavy atom. The maximum atomic E-state index is 6.50. The monoisotopic (exact) mass is 271 g/mol. The normalized spacial score (nSPS) is 41.9. The second-order valence-electron chi connectivity index (χ2n) is 7.88.